The molecule has 4 rings (SSSR count). The lowest BCUT2D eigenvalue weighted by molar-refractivity contribution is -0.113. The van der Waals surface area contributed by atoms with E-state index in [0.717, 1.165) is 34.1 Å². The summed E-state index contributed by atoms with van der Waals surface area (Å²) in [5, 5.41) is 21.7. The first kappa shape index (κ1) is 20.2. The number of nitrogens with one attached hydrogen (secondary N) is 1. The van der Waals surface area contributed by atoms with Gasteiger partial charge in [-0.05, 0) is 19.4 Å². The molecule has 7 nitrogen and oxygen atoms in total. The number of aryl methyl sites for hydroxylation is 1. The van der Waals surface area contributed by atoms with E-state index in [-0.39, 0.29) is 11.7 Å². The molecule has 2 aromatic heterocycles. The monoisotopic (exact) mass is 436 g/mol. The minimum Gasteiger partial charge on any atom is -0.302 e. The van der Waals surface area contributed by atoms with Crippen LogP contribution in [0, 0.1) is 6.92 Å². The predicted octanol–water partition coefficient (Wildman–Crippen LogP) is 4.52. The summed E-state index contributed by atoms with van der Waals surface area (Å²) in [4.78, 5) is 12.4. The molecule has 0 aliphatic rings. The molecule has 1 amide bonds. The lowest BCUT2D eigenvalue weighted by atomic mass is 10.1. The topological polar surface area (TPSA) is 85.6 Å². The Kier molecular flexibility index (Phi) is 6.20. The summed E-state index contributed by atoms with van der Waals surface area (Å²) in [5.74, 6) is 0.876. The lowest BCUT2D eigenvalue weighted by Gasteiger charge is -2.09. The molecule has 0 spiro atoms. The average Bonchev–Trinajstić information content (AvgIpc) is 3.40. The van der Waals surface area contributed by atoms with E-state index in [2.05, 4.69) is 38.7 Å². The molecule has 0 radical (unpaired) electrons. The molecule has 0 unspecified atom stereocenters. The highest BCUT2D eigenvalue weighted by Gasteiger charge is 2.16. The van der Waals surface area contributed by atoms with Gasteiger partial charge < -0.3 is 4.57 Å². The van der Waals surface area contributed by atoms with Crippen LogP contribution in [0.15, 0.2) is 59.8 Å². The maximum absolute atomic E-state index is 12.4. The van der Waals surface area contributed by atoms with Crippen molar-refractivity contribution >= 4 is 34.1 Å². The lowest BCUT2D eigenvalue weighted by Crippen LogP contribution is -2.14. The summed E-state index contributed by atoms with van der Waals surface area (Å²) in [5.41, 5.74) is 3.16. The second-order valence-electron chi connectivity index (χ2n) is 6.48. The number of amides is 1. The highest BCUT2D eigenvalue weighted by molar-refractivity contribution is 7.99. The normalized spacial score (nSPS) is 10.9. The van der Waals surface area contributed by atoms with Gasteiger partial charge in [0, 0.05) is 17.7 Å². The van der Waals surface area contributed by atoms with Crippen molar-refractivity contribution in [2.45, 2.75) is 25.5 Å². The van der Waals surface area contributed by atoms with Crippen molar-refractivity contribution in [3.05, 3.63) is 60.2 Å². The van der Waals surface area contributed by atoms with Gasteiger partial charge >= 0.3 is 0 Å². The Labute approximate surface area is 182 Å². The SMILES string of the molecule is CCn1c(SCC(=O)Nc2nnc(-c3ccccc3)s2)nnc1-c1ccccc1C. The van der Waals surface area contributed by atoms with Gasteiger partial charge in [-0.15, -0.1) is 20.4 Å². The zero-order valence-electron chi connectivity index (χ0n) is 16.6. The highest BCUT2D eigenvalue weighted by atomic mass is 32.2. The first-order chi connectivity index (χ1) is 14.7. The quantitative estimate of drug-likeness (QED) is 0.429. The summed E-state index contributed by atoms with van der Waals surface area (Å²) >= 11 is 2.71. The fourth-order valence-corrected chi connectivity index (χ4v) is 4.53. The van der Waals surface area contributed by atoms with E-state index >= 15 is 0 Å². The molecule has 0 fully saturated rings. The van der Waals surface area contributed by atoms with E-state index in [4.69, 9.17) is 0 Å². The maximum Gasteiger partial charge on any atom is 0.236 e. The Bertz CT molecular complexity index is 1160. The minimum atomic E-state index is -0.154. The predicted molar refractivity (Wildman–Crippen MR) is 121 cm³/mol. The number of thioether (sulfide) groups is 1. The van der Waals surface area contributed by atoms with Crippen LogP contribution in [0.5, 0.6) is 0 Å². The Balaban J connectivity index is 1.41. The molecule has 4 aromatic rings. The number of aromatic nitrogens is 5. The first-order valence-corrected chi connectivity index (χ1v) is 11.3. The Morgan fingerprint density at radius 2 is 1.80 bits per heavy atom. The molecular formula is C21H20N6OS2. The molecule has 0 saturated heterocycles. The molecule has 152 valence electrons. The summed E-state index contributed by atoms with van der Waals surface area (Å²) < 4.78 is 2.03. The van der Waals surface area contributed by atoms with Crippen LogP contribution >= 0.6 is 23.1 Å². The van der Waals surface area contributed by atoms with Crippen molar-refractivity contribution in [2.24, 2.45) is 0 Å². The summed E-state index contributed by atoms with van der Waals surface area (Å²) in [6.45, 7) is 4.81. The molecule has 0 bridgehead atoms. The molecule has 0 aliphatic heterocycles. The van der Waals surface area contributed by atoms with Crippen molar-refractivity contribution in [3.8, 4) is 22.0 Å². The maximum atomic E-state index is 12.4. The van der Waals surface area contributed by atoms with Crippen LogP contribution in [0.3, 0.4) is 0 Å². The van der Waals surface area contributed by atoms with Crippen LogP contribution in [0.25, 0.3) is 22.0 Å². The molecule has 2 aromatic carbocycles. The van der Waals surface area contributed by atoms with E-state index in [9.17, 15) is 4.79 Å². The van der Waals surface area contributed by atoms with Crippen LogP contribution in [-0.2, 0) is 11.3 Å². The number of rotatable bonds is 7. The number of anilines is 1. The van der Waals surface area contributed by atoms with Gasteiger partial charge in [-0.3, -0.25) is 10.1 Å². The van der Waals surface area contributed by atoms with Gasteiger partial charge in [0.25, 0.3) is 0 Å². The fourth-order valence-electron chi connectivity index (χ4n) is 2.96. The second kappa shape index (κ2) is 9.19. The molecule has 9 heteroatoms. The summed E-state index contributed by atoms with van der Waals surface area (Å²) in [6.07, 6.45) is 0. The number of hydrogen-bond acceptors (Lipinski definition) is 7. The number of nitrogens with zero attached hydrogens (tertiary/aromatic N) is 5. The van der Waals surface area contributed by atoms with Gasteiger partial charge in [0.05, 0.1) is 5.75 Å². The van der Waals surface area contributed by atoms with Crippen LogP contribution in [0.4, 0.5) is 5.13 Å². The number of benzene rings is 2. The standard InChI is InChI=1S/C21H20N6OS2/c1-3-27-18(16-12-8-7-9-14(16)2)23-26-21(27)29-13-17(28)22-20-25-24-19(30-20)15-10-5-4-6-11-15/h4-12H,3,13H2,1-2H3,(H,22,25,28). The average molecular weight is 437 g/mol. The second-order valence-corrected chi connectivity index (χ2v) is 8.40. The Morgan fingerprint density at radius 3 is 2.57 bits per heavy atom. The molecule has 0 atom stereocenters. The third-order valence-corrected chi connectivity index (χ3v) is 6.30. The zero-order chi connectivity index (χ0) is 20.9. The van der Waals surface area contributed by atoms with E-state index in [0.29, 0.717) is 10.3 Å². The third kappa shape index (κ3) is 4.42. The summed E-state index contributed by atoms with van der Waals surface area (Å²) in [7, 11) is 0. The minimum absolute atomic E-state index is 0.154. The molecule has 2 heterocycles. The molecule has 0 aliphatic carbocycles. The van der Waals surface area contributed by atoms with Crippen molar-refractivity contribution in [1.29, 1.82) is 0 Å². The van der Waals surface area contributed by atoms with Gasteiger partial charge in [-0.1, -0.05) is 77.7 Å². The molecular weight excluding hydrogens is 416 g/mol. The zero-order valence-corrected chi connectivity index (χ0v) is 18.2. The van der Waals surface area contributed by atoms with Crippen molar-refractivity contribution in [2.75, 3.05) is 11.1 Å². The van der Waals surface area contributed by atoms with Crippen LogP contribution < -0.4 is 5.32 Å². The van der Waals surface area contributed by atoms with Crippen molar-refractivity contribution in [1.82, 2.24) is 25.0 Å². The number of carbonyl (C=O) groups is 1. The van der Waals surface area contributed by atoms with Crippen molar-refractivity contribution < 1.29 is 4.79 Å². The smallest absolute Gasteiger partial charge is 0.236 e. The fraction of sp³-hybridized carbons (Fsp3) is 0.190. The van der Waals surface area contributed by atoms with Gasteiger partial charge in [0.2, 0.25) is 11.0 Å². The highest BCUT2D eigenvalue weighted by Crippen LogP contribution is 2.28. The van der Waals surface area contributed by atoms with E-state index < -0.39 is 0 Å². The largest absolute Gasteiger partial charge is 0.302 e. The van der Waals surface area contributed by atoms with Crippen molar-refractivity contribution in [3.63, 3.8) is 0 Å². The van der Waals surface area contributed by atoms with E-state index in [1.54, 1.807) is 0 Å². The van der Waals surface area contributed by atoms with Crippen LogP contribution in [0.2, 0.25) is 0 Å². The van der Waals surface area contributed by atoms with Gasteiger partial charge in [0.1, 0.15) is 5.01 Å². The molecule has 30 heavy (non-hydrogen) atoms. The third-order valence-electron chi connectivity index (χ3n) is 4.44. The van der Waals surface area contributed by atoms with E-state index in [1.807, 2.05) is 60.0 Å². The van der Waals surface area contributed by atoms with Gasteiger partial charge in [-0.2, -0.15) is 0 Å². The Morgan fingerprint density at radius 1 is 1.03 bits per heavy atom. The van der Waals surface area contributed by atoms with Gasteiger partial charge in [-0.25, -0.2) is 0 Å². The number of carbonyl (C=O) groups excluding carboxylic acids is 1. The van der Waals surface area contributed by atoms with E-state index in [1.165, 1.54) is 23.1 Å². The molecule has 1 N–H and O–H groups in total. The summed E-state index contributed by atoms with van der Waals surface area (Å²) in [6, 6.07) is 17.8. The number of hydrogen-bond donors (Lipinski definition) is 1. The first-order valence-electron chi connectivity index (χ1n) is 9.46. The molecule has 0 saturated carbocycles. The van der Waals surface area contributed by atoms with Crippen LogP contribution in [-0.4, -0.2) is 36.6 Å². The Hall–Kier alpha value is -3.04. The van der Waals surface area contributed by atoms with Crippen LogP contribution in [0.1, 0.15) is 12.5 Å². The van der Waals surface area contributed by atoms with Gasteiger partial charge in [0.15, 0.2) is 11.0 Å².